The Balaban J connectivity index is 1.49. The molecule has 3 heterocycles. The highest BCUT2D eigenvalue weighted by Gasteiger charge is 2.29. The minimum Gasteiger partial charge on any atom is -0.465 e. The number of hydrogen-bond donors (Lipinski definition) is 1. The van der Waals surface area contributed by atoms with E-state index in [4.69, 9.17) is 5.11 Å². The number of piperazine rings is 1. The Morgan fingerprint density at radius 1 is 1.14 bits per heavy atom. The summed E-state index contributed by atoms with van der Waals surface area (Å²) < 4.78 is 0.824. The molecule has 0 aliphatic carbocycles. The van der Waals surface area contributed by atoms with Crippen LogP contribution in [0, 0.1) is 0 Å². The van der Waals surface area contributed by atoms with Crippen LogP contribution in [0.15, 0.2) is 3.92 Å². The first-order valence-electron chi connectivity index (χ1n) is 7.09. The predicted octanol–water partition coefficient (Wildman–Crippen LogP) is 1.57. The molecule has 1 N–H and O–H groups in total. The summed E-state index contributed by atoms with van der Waals surface area (Å²) in [6, 6.07) is 0.563. The molecule has 1 amide bonds. The van der Waals surface area contributed by atoms with Crippen molar-refractivity contribution < 1.29 is 9.90 Å². The maximum absolute atomic E-state index is 10.9. The second-order valence-corrected chi connectivity index (χ2v) is 7.59. The van der Waals surface area contributed by atoms with Crippen LogP contribution in [-0.4, -0.2) is 76.5 Å². The van der Waals surface area contributed by atoms with Crippen LogP contribution in [0.1, 0.15) is 12.8 Å². The Kier molecular flexibility index (Phi) is 4.60. The summed E-state index contributed by atoms with van der Waals surface area (Å²) in [7, 11) is 0. The van der Waals surface area contributed by atoms with Gasteiger partial charge in [0.05, 0.1) is 0 Å². The third-order valence-electron chi connectivity index (χ3n) is 4.23. The monoisotopic (exact) mass is 375 g/mol. The topological polar surface area (TPSA) is 72.8 Å². The molecule has 0 saturated carbocycles. The van der Waals surface area contributed by atoms with E-state index in [1.165, 1.54) is 4.90 Å². The summed E-state index contributed by atoms with van der Waals surface area (Å²) in [6.07, 6.45) is 1.40. The van der Waals surface area contributed by atoms with Gasteiger partial charge in [-0.1, -0.05) is 11.3 Å². The number of rotatable bonds is 2. The molecular weight excluding hydrogens is 358 g/mol. The number of carbonyl (C=O) groups is 1. The van der Waals surface area contributed by atoms with Crippen LogP contribution in [0.3, 0.4) is 0 Å². The zero-order valence-corrected chi connectivity index (χ0v) is 14.0. The molecule has 2 saturated heterocycles. The highest BCUT2D eigenvalue weighted by molar-refractivity contribution is 9.11. The van der Waals surface area contributed by atoms with Crippen molar-refractivity contribution in [3.8, 4) is 0 Å². The van der Waals surface area contributed by atoms with Crippen molar-refractivity contribution >= 4 is 38.5 Å². The molecule has 0 unspecified atom stereocenters. The Labute approximate surface area is 135 Å². The maximum atomic E-state index is 10.9. The summed E-state index contributed by atoms with van der Waals surface area (Å²) in [6.45, 7) is 4.93. The first-order chi connectivity index (χ1) is 10.1. The molecule has 3 rings (SSSR count). The molecule has 1 aromatic rings. The first kappa shape index (κ1) is 15.0. The lowest BCUT2D eigenvalue weighted by molar-refractivity contribution is 0.0775. The fraction of sp³-hybridized carbons (Fsp3) is 0.750. The molecule has 116 valence electrons. The van der Waals surface area contributed by atoms with Crippen molar-refractivity contribution in [3.63, 3.8) is 0 Å². The van der Waals surface area contributed by atoms with Crippen LogP contribution >= 0.6 is 27.3 Å². The van der Waals surface area contributed by atoms with Crippen molar-refractivity contribution in [2.24, 2.45) is 0 Å². The normalized spacial score (nSPS) is 21.8. The van der Waals surface area contributed by atoms with Crippen molar-refractivity contribution in [1.82, 2.24) is 20.0 Å². The molecule has 0 bridgehead atoms. The number of aromatic nitrogens is 2. The van der Waals surface area contributed by atoms with Gasteiger partial charge in [0.25, 0.3) is 0 Å². The standard InChI is InChI=1S/C12H18BrN5O2S/c13-10-14-15-11(21-10)17-3-1-9(2-4-17)16-5-7-18(8-6-16)12(19)20/h9H,1-8H2,(H,19,20). The van der Waals surface area contributed by atoms with E-state index in [1.54, 1.807) is 11.3 Å². The van der Waals surface area contributed by atoms with E-state index >= 15 is 0 Å². The minimum absolute atomic E-state index is 0.563. The van der Waals surface area contributed by atoms with Gasteiger partial charge in [0.15, 0.2) is 3.92 Å². The molecule has 1 aromatic heterocycles. The van der Waals surface area contributed by atoms with E-state index in [2.05, 4.69) is 35.9 Å². The van der Waals surface area contributed by atoms with Gasteiger partial charge in [-0.15, -0.1) is 10.2 Å². The van der Waals surface area contributed by atoms with Gasteiger partial charge in [0.1, 0.15) is 0 Å². The van der Waals surface area contributed by atoms with Crippen LogP contribution in [0.4, 0.5) is 9.93 Å². The molecule has 0 atom stereocenters. The quantitative estimate of drug-likeness (QED) is 0.845. The van der Waals surface area contributed by atoms with E-state index in [1.807, 2.05) is 0 Å². The average molecular weight is 376 g/mol. The van der Waals surface area contributed by atoms with Gasteiger partial charge in [0, 0.05) is 45.3 Å². The molecule has 9 heteroatoms. The van der Waals surface area contributed by atoms with Crippen molar-refractivity contribution in [2.75, 3.05) is 44.2 Å². The van der Waals surface area contributed by atoms with Crippen LogP contribution in [0.2, 0.25) is 0 Å². The van der Waals surface area contributed by atoms with Gasteiger partial charge >= 0.3 is 6.09 Å². The molecule has 2 aliphatic heterocycles. The van der Waals surface area contributed by atoms with Crippen LogP contribution in [0.25, 0.3) is 0 Å². The van der Waals surface area contributed by atoms with E-state index < -0.39 is 6.09 Å². The lowest BCUT2D eigenvalue weighted by Gasteiger charge is -2.42. The van der Waals surface area contributed by atoms with Crippen LogP contribution in [-0.2, 0) is 0 Å². The average Bonchev–Trinajstić information content (AvgIpc) is 2.94. The van der Waals surface area contributed by atoms with E-state index in [0.29, 0.717) is 19.1 Å². The highest BCUT2D eigenvalue weighted by Crippen LogP contribution is 2.28. The van der Waals surface area contributed by atoms with Crippen molar-refractivity contribution in [2.45, 2.75) is 18.9 Å². The minimum atomic E-state index is -0.800. The fourth-order valence-corrected chi connectivity index (χ4v) is 4.17. The molecule has 7 nitrogen and oxygen atoms in total. The SMILES string of the molecule is O=C(O)N1CCN(C2CCN(c3nnc(Br)s3)CC2)CC1. The number of hydrogen-bond acceptors (Lipinski definition) is 6. The van der Waals surface area contributed by atoms with E-state index in [-0.39, 0.29) is 0 Å². The molecule has 2 aliphatic rings. The van der Waals surface area contributed by atoms with Crippen molar-refractivity contribution in [3.05, 3.63) is 3.92 Å². The lowest BCUT2D eigenvalue weighted by Crippen LogP contribution is -2.54. The summed E-state index contributed by atoms with van der Waals surface area (Å²) in [5.74, 6) is 0. The third kappa shape index (κ3) is 3.46. The Bertz CT molecular complexity index is 498. The fourth-order valence-electron chi connectivity index (χ4n) is 3.03. The smallest absolute Gasteiger partial charge is 0.407 e. The largest absolute Gasteiger partial charge is 0.465 e. The van der Waals surface area contributed by atoms with Crippen molar-refractivity contribution in [1.29, 1.82) is 0 Å². The predicted molar refractivity (Wildman–Crippen MR) is 84.0 cm³/mol. The third-order valence-corrected chi connectivity index (χ3v) is 5.64. The first-order valence-corrected chi connectivity index (χ1v) is 8.70. The number of amides is 1. The molecular formula is C12H18BrN5O2S. The number of piperidine rings is 1. The van der Waals surface area contributed by atoms with Gasteiger partial charge in [-0.3, -0.25) is 4.90 Å². The number of anilines is 1. The summed E-state index contributed by atoms with van der Waals surface area (Å²) >= 11 is 4.92. The molecule has 21 heavy (non-hydrogen) atoms. The number of halogens is 1. The van der Waals surface area contributed by atoms with E-state index in [0.717, 1.165) is 48.1 Å². The molecule has 0 aromatic carbocycles. The van der Waals surface area contributed by atoms with Gasteiger partial charge in [-0.05, 0) is 28.8 Å². The van der Waals surface area contributed by atoms with Gasteiger partial charge in [0.2, 0.25) is 5.13 Å². The maximum Gasteiger partial charge on any atom is 0.407 e. The van der Waals surface area contributed by atoms with Crippen LogP contribution < -0.4 is 4.90 Å². The Hall–Kier alpha value is -0.930. The zero-order chi connectivity index (χ0) is 14.8. The van der Waals surface area contributed by atoms with Gasteiger partial charge < -0.3 is 14.9 Å². The second kappa shape index (κ2) is 6.45. The lowest BCUT2D eigenvalue weighted by atomic mass is 10.0. The summed E-state index contributed by atoms with van der Waals surface area (Å²) in [5.41, 5.74) is 0. The molecule has 0 spiro atoms. The number of nitrogens with zero attached hydrogens (tertiary/aromatic N) is 5. The van der Waals surface area contributed by atoms with Gasteiger partial charge in [-0.2, -0.15) is 0 Å². The Morgan fingerprint density at radius 2 is 1.81 bits per heavy atom. The van der Waals surface area contributed by atoms with Gasteiger partial charge in [-0.25, -0.2) is 4.79 Å². The highest BCUT2D eigenvalue weighted by atomic mass is 79.9. The van der Waals surface area contributed by atoms with E-state index in [9.17, 15) is 4.79 Å². The van der Waals surface area contributed by atoms with Crippen LogP contribution in [0.5, 0.6) is 0 Å². The Morgan fingerprint density at radius 3 is 2.33 bits per heavy atom. The summed E-state index contributed by atoms with van der Waals surface area (Å²) in [4.78, 5) is 17.2. The molecule has 0 radical (unpaired) electrons. The second-order valence-electron chi connectivity index (χ2n) is 5.36. The summed E-state index contributed by atoms with van der Waals surface area (Å²) in [5, 5.41) is 18.1. The zero-order valence-electron chi connectivity index (χ0n) is 11.6. The number of carboxylic acid groups (broad SMARTS) is 1. The molecule has 2 fully saturated rings.